The first-order valence-electron chi connectivity index (χ1n) is 5.74. The fourth-order valence-electron chi connectivity index (χ4n) is 1.27. The highest BCUT2D eigenvalue weighted by atomic mass is 35.6. The zero-order valence-corrected chi connectivity index (χ0v) is 13.0. The molecule has 0 radical (unpaired) electrons. The van der Waals surface area contributed by atoms with Gasteiger partial charge in [0, 0.05) is 5.56 Å². The van der Waals surface area contributed by atoms with Crippen LogP contribution in [0.4, 0.5) is 17.6 Å². The number of benzene rings is 1. The molecule has 1 amide bonds. The number of ether oxygens (including phenoxy) is 1. The summed E-state index contributed by atoms with van der Waals surface area (Å²) in [5.74, 6) is -5.22. The van der Waals surface area contributed by atoms with Crippen molar-refractivity contribution >= 4 is 40.7 Å². The van der Waals surface area contributed by atoms with Crippen molar-refractivity contribution in [2.45, 2.75) is 22.4 Å². The van der Waals surface area contributed by atoms with Gasteiger partial charge < -0.3 is 10.1 Å². The van der Waals surface area contributed by atoms with Crippen LogP contribution in [0.5, 0.6) is 0 Å². The maximum absolute atomic E-state index is 12.8. The van der Waals surface area contributed by atoms with Crippen LogP contribution in [0.3, 0.4) is 0 Å². The minimum absolute atomic E-state index is 0.144. The van der Waals surface area contributed by atoms with Gasteiger partial charge in [0.25, 0.3) is 5.91 Å². The Bertz CT molecular complexity index is 497. The first kappa shape index (κ1) is 19.3. The van der Waals surface area contributed by atoms with Gasteiger partial charge in [0.15, 0.2) is 6.23 Å². The standard InChI is InChI=1S/C12H10Cl3F4NO2/c13-12(14,15)10(22-6-11(18,19)9(16)17)20-8(21)7-4-2-1-3-5-7/h1-5,9-10H,6H2,(H,20,21)/t10-/m0/s1. The molecule has 1 atom stereocenters. The molecule has 0 aliphatic heterocycles. The molecule has 1 aromatic rings. The molecule has 124 valence electrons. The molecule has 1 rings (SSSR count). The normalized spacial score (nSPS) is 14.0. The molecule has 1 aromatic carbocycles. The summed E-state index contributed by atoms with van der Waals surface area (Å²) < 4.78 is 52.0. The van der Waals surface area contributed by atoms with Crippen molar-refractivity contribution in [1.29, 1.82) is 0 Å². The molecule has 1 N–H and O–H groups in total. The summed E-state index contributed by atoms with van der Waals surface area (Å²) in [5, 5.41) is 2.05. The first-order chi connectivity index (χ1) is 10.0. The van der Waals surface area contributed by atoms with E-state index in [0.29, 0.717) is 0 Å². The summed E-state index contributed by atoms with van der Waals surface area (Å²) in [6, 6.07) is 7.57. The first-order valence-corrected chi connectivity index (χ1v) is 6.87. The number of hydrogen-bond acceptors (Lipinski definition) is 2. The van der Waals surface area contributed by atoms with Crippen molar-refractivity contribution in [3.8, 4) is 0 Å². The molecular weight excluding hydrogens is 372 g/mol. The van der Waals surface area contributed by atoms with E-state index in [4.69, 9.17) is 34.8 Å². The predicted molar refractivity (Wildman–Crippen MR) is 74.9 cm³/mol. The van der Waals surface area contributed by atoms with Crippen molar-refractivity contribution in [2.75, 3.05) is 6.61 Å². The maximum Gasteiger partial charge on any atom is 0.330 e. The summed E-state index contributed by atoms with van der Waals surface area (Å²) >= 11 is 16.5. The SMILES string of the molecule is O=C(N[C@@H](OCC(F)(F)C(F)F)C(Cl)(Cl)Cl)c1ccccc1. The highest BCUT2D eigenvalue weighted by molar-refractivity contribution is 6.68. The summed E-state index contributed by atoms with van der Waals surface area (Å²) in [6.07, 6.45) is -5.79. The van der Waals surface area contributed by atoms with Crippen LogP contribution in [-0.2, 0) is 4.74 Å². The van der Waals surface area contributed by atoms with Crippen molar-refractivity contribution in [1.82, 2.24) is 5.32 Å². The molecule has 0 saturated carbocycles. The number of carbonyl (C=O) groups is 1. The van der Waals surface area contributed by atoms with Gasteiger partial charge in [-0.15, -0.1) is 0 Å². The molecule has 0 unspecified atom stereocenters. The van der Waals surface area contributed by atoms with E-state index < -0.39 is 34.9 Å². The van der Waals surface area contributed by atoms with Gasteiger partial charge in [0.1, 0.15) is 6.61 Å². The maximum atomic E-state index is 12.8. The van der Waals surface area contributed by atoms with E-state index in [1.54, 1.807) is 18.2 Å². The van der Waals surface area contributed by atoms with Gasteiger partial charge in [-0.05, 0) is 12.1 Å². The molecule has 0 aromatic heterocycles. The van der Waals surface area contributed by atoms with Crippen LogP contribution in [0.25, 0.3) is 0 Å². The molecule has 0 fully saturated rings. The van der Waals surface area contributed by atoms with Crippen LogP contribution in [0.1, 0.15) is 10.4 Å². The predicted octanol–water partition coefficient (Wildman–Crippen LogP) is 4.03. The second-order valence-electron chi connectivity index (χ2n) is 4.13. The lowest BCUT2D eigenvalue weighted by molar-refractivity contribution is -0.177. The van der Waals surface area contributed by atoms with Crippen LogP contribution in [-0.4, -0.2) is 34.9 Å². The summed E-state index contributed by atoms with van der Waals surface area (Å²) in [4.78, 5) is 11.9. The van der Waals surface area contributed by atoms with E-state index in [9.17, 15) is 22.4 Å². The lowest BCUT2D eigenvalue weighted by Crippen LogP contribution is -2.48. The number of halogens is 7. The number of hydrogen-bond donors (Lipinski definition) is 1. The smallest absolute Gasteiger partial charge is 0.330 e. The fourth-order valence-corrected chi connectivity index (χ4v) is 1.62. The lowest BCUT2D eigenvalue weighted by atomic mass is 10.2. The van der Waals surface area contributed by atoms with Crippen molar-refractivity contribution in [2.24, 2.45) is 0 Å². The Balaban J connectivity index is 2.76. The van der Waals surface area contributed by atoms with Crippen LogP contribution < -0.4 is 5.32 Å². The van der Waals surface area contributed by atoms with E-state index in [1.807, 2.05) is 5.32 Å². The van der Waals surface area contributed by atoms with Crippen molar-refractivity contribution < 1.29 is 27.1 Å². The molecule has 0 heterocycles. The minimum Gasteiger partial charge on any atom is -0.347 e. The van der Waals surface area contributed by atoms with Crippen molar-refractivity contribution in [3.63, 3.8) is 0 Å². The largest absolute Gasteiger partial charge is 0.347 e. The van der Waals surface area contributed by atoms with E-state index in [0.717, 1.165) is 0 Å². The molecule has 0 bridgehead atoms. The fraction of sp³-hybridized carbons (Fsp3) is 0.417. The summed E-state index contributed by atoms with van der Waals surface area (Å²) in [6.45, 7) is -1.72. The van der Waals surface area contributed by atoms with Gasteiger partial charge in [-0.2, -0.15) is 8.78 Å². The lowest BCUT2D eigenvalue weighted by Gasteiger charge is -2.27. The van der Waals surface area contributed by atoms with Crippen LogP contribution in [0, 0.1) is 0 Å². The third-order valence-corrected chi connectivity index (χ3v) is 2.95. The highest BCUT2D eigenvalue weighted by Gasteiger charge is 2.44. The van der Waals surface area contributed by atoms with E-state index in [1.165, 1.54) is 12.1 Å². The second-order valence-corrected chi connectivity index (χ2v) is 6.50. The summed E-state index contributed by atoms with van der Waals surface area (Å²) in [5.41, 5.74) is 0.144. The van der Waals surface area contributed by atoms with Crippen molar-refractivity contribution in [3.05, 3.63) is 35.9 Å². The third kappa shape index (κ3) is 5.79. The Morgan fingerprint density at radius 1 is 1.18 bits per heavy atom. The topological polar surface area (TPSA) is 38.3 Å². The zero-order valence-electron chi connectivity index (χ0n) is 10.7. The van der Waals surface area contributed by atoms with Crippen LogP contribution >= 0.6 is 34.8 Å². The number of carbonyl (C=O) groups excluding carboxylic acids is 1. The van der Waals surface area contributed by atoms with Crippen LogP contribution in [0.15, 0.2) is 30.3 Å². The third-order valence-electron chi connectivity index (χ3n) is 2.36. The number of alkyl halides is 7. The van der Waals surface area contributed by atoms with E-state index in [-0.39, 0.29) is 5.56 Å². The Morgan fingerprint density at radius 2 is 1.73 bits per heavy atom. The van der Waals surface area contributed by atoms with Gasteiger partial charge in [-0.1, -0.05) is 53.0 Å². The Kier molecular flexibility index (Phi) is 6.73. The molecule has 0 aliphatic rings. The van der Waals surface area contributed by atoms with Gasteiger partial charge in [-0.3, -0.25) is 4.79 Å². The molecule has 22 heavy (non-hydrogen) atoms. The number of rotatable bonds is 6. The molecular formula is C12H10Cl3F4NO2. The Labute approximate surface area is 138 Å². The monoisotopic (exact) mass is 381 g/mol. The molecule has 0 saturated heterocycles. The second kappa shape index (κ2) is 7.68. The molecule has 0 aliphatic carbocycles. The van der Waals surface area contributed by atoms with Gasteiger partial charge in [-0.25, -0.2) is 8.78 Å². The van der Waals surface area contributed by atoms with E-state index in [2.05, 4.69) is 4.74 Å². The molecule has 3 nitrogen and oxygen atoms in total. The van der Waals surface area contributed by atoms with Crippen LogP contribution in [0.2, 0.25) is 0 Å². The number of amides is 1. The number of nitrogens with one attached hydrogen (secondary N) is 1. The quantitative estimate of drug-likeness (QED) is 0.458. The highest BCUT2D eigenvalue weighted by Crippen LogP contribution is 2.33. The molecule has 10 heteroatoms. The van der Waals surface area contributed by atoms with Gasteiger partial charge in [0.2, 0.25) is 3.79 Å². The zero-order chi connectivity index (χ0) is 17.0. The van der Waals surface area contributed by atoms with Gasteiger partial charge in [0.05, 0.1) is 0 Å². The van der Waals surface area contributed by atoms with E-state index >= 15 is 0 Å². The van der Waals surface area contributed by atoms with Gasteiger partial charge >= 0.3 is 12.3 Å². The Morgan fingerprint density at radius 3 is 2.18 bits per heavy atom. The Hall–Kier alpha value is -0.760. The molecule has 0 spiro atoms. The average Bonchev–Trinajstić information content (AvgIpc) is 2.42. The minimum atomic E-state index is -4.44. The summed E-state index contributed by atoms with van der Waals surface area (Å²) in [7, 11) is 0. The average molecular weight is 383 g/mol.